The van der Waals surface area contributed by atoms with Crippen molar-refractivity contribution in [2.75, 3.05) is 6.61 Å². The molecule has 2 aromatic rings. The van der Waals surface area contributed by atoms with E-state index in [-0.39, 0.29) is 6.42 Å². The summed E-state index contributed by atoms with van der Waals surface area (Å²) in [7, 11) is 0. The first kappa shape index (κ1) is 28.7. The fourth-order valence-corrected chi connectivity index (χ4v) is 3.40. The van der Waals surface area contributed by atoms with Gasteiger partial charge in [-0.3, -0.25) is 24.0 Å². The zero-order valence-electron chi connectivity index (χ0n) is 19.3. The van der Waals surface area contributed by atoms with E-state index >= 15 is 0 Å². The van der Waals surface area contributed by atoms with Crippen LogP contribution in [0.4, 0.5) is 0 Å². The van der Waals surface area contributed by atoms with E-state index in [1.807, 2.05) is 5.32 Å². The zero-order valence-corrected chi connectivity index (χ0v) is 19.3. The molecule has 1 aromatic carbocycles. The molecule has 0 bridgehead atoms. The highest BCUT2D eigenvalue weighted by molar-refractivity contribution is 5.96. The topological polar surface area (TPSA) is 261 Å². The van der Waals surface area contributed by atoms with Crippen molar-refractivity contribution in [2.45, 2.75) is 43.4 Å². The van der Waals surface area contributed by atoms with E-state index < -0.39 is 79.2 Å². The number of hydrogen-bond donors (Lipinski definition) is 9. The Kier molecular flexibility index (Phi) is 10.1. The number of carbonyl (C=O) groups is 6. The Morgan fingerprint density at radius 1 is 0.811 bits per heavy atom. The molecule has 0 saturated heterocycles. The molecule has 3 amide bonds. The van der Waals surface area contributed by atoms with Crippen molar-refractivity contribution >= 4 is 46.5 Å². The second kappa shape index (κ2) is 13.0. The molecule has 0 aliphatic carbocycles. The maximum Gasteiger partial charge on any atom is 0.326 e. The second-order valence-corrected chi connectivity index (χ2v) is 8.07. The number of H-pyrrole nitrogens is 1. The van der Waals surface area contributed by atoms with Crippen LogP contribution in [0.1, 0.15) is 18.4 Å². The lowest BCUT2D eigenvalue weighted by Crippen LogP contribution is -2.58. The van der Waals surface area contributed by atoms with Crippen molar-refractivity contribution in [2.24, 2.45) is 5.73 Å². The number of fused-ring (bicyclic) bond motifs is 1. The molecule has 0 aliphatic rings. The average molecular weight is 521 g/mol. The Morgan fingerprint density at radius 2 is 1.38 bits per heavy atom. The van der Waals surface area contributed by atoms with Crippen molar-refractivity contribution in [3.8, 4) is 0 Å². The van der Waals surface area contributed by atoms with E-state index in [9.17, 15) is 39.0 Å². The number of aromatic nitrogens is 1. The third kappa shape index (κ3) is 8.29. The highest BCUT2D eigenvalue weighted by Crippen LogP contribution is 2.19. The predicted octanol–water partition coefficient (Wildman–Crippen LogP) is -2.48. The molecule has 15 heteroatoms. The molecular weight excluding hydrogens is 494 g/mol. The van der Waals surface area contributed by atoms with Gasteiger partial charge in [-0.2, -0.15) is 0 Å². The van der Waals surface area contributed by atoms with Gasteiger partial charge in [-0.15, -0.1) is 0 Å². The molecule has 37 heavy (non-hydrogen) atoms. The van der Waals surface area contributed by atoms with Crippen molar-refractivity contribution in [3.05, 3.63) is 36.0 Å². The lowest BCUT2D eigenvalue weighted by Gasteiger charge is -2.23. The smallest absolute Gasteiger partial charge is 0.326 e. The summed E-state index contributed by atoms with van der Waals surface area (Å²) < 4.78 is 0. The normalized spacial score (nSPS) is 14.1. The molecule has 15 nitrogen and oxygen atoms in total. The van der Waals surface area contributed by atoms with Crippen LogP contribution in [0.25, 0.3) is 10.9 Å². The molecule has 0 radical (unpaired) electrons. The summed E-state index contributed by atoms with van der Waals surface area (Å²) in [6, 6.07) is 0.593. The maximum atomic E-state index is 12.7. The fraction of sp³-hybridized carbons (Fsp3) is 0.364. The number of aliphatic hydroxyl groups excluding tert-OH is 1. The van der Waals surface area contributed by atoms with Gasteiger partial charge in [0, 0.05) is 23.5 Å². The summed E-state index contributed by atoms with van der Waals surface area (Å²) in [4.78, 5) is 74.0. The minimum Gasteiger partial charge on any atom is -0.481 e. The van der Waals surface area contributed by atoms with Gasteiger partial charge in [-0.05, 0) is 11.6 Å². The largest absolute Gasteiger partial charge is 0.481 e. The highest BCUT2D eigenvalue weighted by atomic mass is 16.4. The first-order valence-electron chi connectivity index (χ1n) is 10.9. The first-order valence-corrected chi connectivity index (χ1v) is 10.9. The third-order valence-corrected chi connectivity index (χ3v) is 5.27. The quantitative estimate of drug-likeness (QED) is 0.126. The maximum absolute atomic E-state index is 12.7. The summed E-state index contributed by atoms with van der Waals surface area (Å²) in [5, 5.41) is 44.0. The van der Waals surface area contributed by atoms with Crippen molar-refractivity contribution < 1.29 is 49.2 Å². The highest BCUT2D eigenvalue weighted by Gasteiger charge is 2.31. The van der Waals surface area contributed by atoms with Crippen LogP contribution in [0.2, 0.25) is 0 Å². The number of hydrogen-bond acceptors (Lipinski definition) is 8. The summed E-state index contributed by atoms with van der Waals surface area (Å²) in [6.07, 6.45) is -0.278. The molecular formula is C22H27N5O10. The number of amides is 3. The van der Waals surface area contributed by atoms with Gasteiger partial charge in [0.1, 0.15) is 18.1 Å². The van der Waals surface area contributed by atoms with Gasteiger partial charge < -0.3 is 47.1 Å². The standard InChI is InChI=1S/C22H27N5O10/c23-12(6-17(29)30)19(33)25-14(7-18(31)32)20(34)27-16(9-28)21(35)26-15(22(36)37)5-10-8-24-13-4-2-1-3-11(10)13/h1-4,8,12,14-16,24,28H,5-7,9,23H2,(H,25,33)(H,26,35)(H,27,34)(H,29,30)(H,31,32)(H,36,37). The number of carbonyl (C=O) groups excluding carboxylic acids is 3. The van der Waals surface area contributed by atoms with Gasteiger partial charge in [0.15, 0.2) is 0 Å². The molecule has 4 atom stereocenters. The Bertz CT molecular complexity index is 1180. The molecule has 0 spiro atoms. The summed E-state index contributed by atoms with van der Waals surface area (Å²) in [6.45, 7) is -0.983. The zero-order chi connectivity index (χ0) is 27.7. The number of para-hydroxylation sites is 1. The van der Waals surface area contributed by atoms with Crippen LogP contribution in [0, 0.1) is 0 Å². The SMILES string of the molecule is NC(CC(=O)O)C(=O)NC(CC(=O)O)C(=O)NC(CO)C(=O)NC(Cc1c[nH]c2ccccc12)C(=O)O. The van der Waals surface area contributed by atoms with Crippen LogP contribution in [0.3, 0.4) is 0 Å². The van der Waals surface area contributed by atoms with Gasteiger partial charge in [-0.25, -0.2) is 4.79 Å². The van der Waals surface area contributed by atoms with Gasteiger partial charge in [0.2, 0.25) is 17.7 Å². The van der Waals surface area contributed by atoms with Crippen LogP contribution in [0.15, 0.2) is 30.5 Å². The van der Waals surface area contributed by atoms with Crippen molar-refractivity contribution in [3.63, 3.8) is 0 Å². The molecule has 0 fully saturated rings. The summed E-state index contributed by atoms with van der Waals surface area (Å²) >= 11 is 0. The third-order valence-electron chi connectivity index (χ3n) is 5.27. The number of aliphatic hydroxyl groups is 1. The van der Waals surface area contributed by atoms with Crippen molar-refractivity contribution in [1.82, 2.24) is 20.9 Å². The Balaban J connectivity index is 2.10. The van der Waals surface area contributed by atoms with Crippen LogP contribution in [-0.2, 0) is 35.2 Å². The van der Waals surface area contributed by atoms with E-state index in [0.717, 1.165) is 10.9 Å². The fourth-order valence-electron chi connectivity index (χ4n) is 3.40. The van der Waals surface area contributed by atoms with Gasteiger partial charge in [0.05, 0.1) is 25.5 Å². The molecule has 10 N–H and O–H groups in total. The molecule has 4 unspecified atom stereocenters. The number of aromatic amines is 1. The van der Waals surface area contributed by atoms with E-state index in [1.54, 1.807) is 30.5 Å². The monoisotopic (exact) mass is 521 g/mol. The first-order chi connectivity index (χ1) is 17.4. The Morgan fingerprint density at radius 3 is 1.97 bits per heavy atom. The predicted molar refractivity (Wildman–Crippen MR) is 125 cm³/mol. The lowest BCUT2D eigenvalue weighted by atomic mass is 10.0. The number of benzene rings is 1. The summed E-state index contributed by atoms with van der Waals surface area (Å²) in [5.74, 6) is -7.70. The molecule has 2 rings (SSSR count). The van der Waals surface area contributed by atoms with Crippen LogP contribution >= 0.6 is 0 Å². The molecule has 0 aliphatic heterocycles. The molecule has 200 valence electrons. The van der Waals surface area contributed by atoms with E-state index in [4.69, 9.17) is 15.9 Å². The minimum atomic E-state index is -1.77. The molecule has 1 aromatic heterocycles. The Labute approximate surface area is 209 Å². The molecule has 1 heterocycles. The van der Waals surface area contributed by atoms with Crippen LogP contribution in [-0.4, -0.2) is 91.8 Å². The number of carboxylic acid groups (broad SMARTS) is 3. The minimum absolute atomic E-state index is 0.129. The van der Waals surface area contributed by atoms with E-state index in [0.29, 0.717) is 5.56 Å². The number of nitrogens with one attached hydrogen (secondary N) is 4. The van der Waals surface area contributed by atoms with Crippen LogP contribution < -0.4 is 21.7 Å². The van der Waals surface area contributed by atoms with Gasteiger partial charge >= 0.3 is 17.9 Å². The number of aliphatic carboxylic acids is 3. The summed E-state index contributed by atoms with van der Waals surface area (Å²) in [5.41, 5.74) is 6.76. The van der Waals surface area contributed by atoms with E-state index in [2.05, 4.69) is 15.6 Å². The van der Waals surface area contributed by atoms with Gasteiger partial charge in [0.25, 0.3) is 0 Å². The van der Waals surface area contributed by atoms with Crippen molar-refractivity contribution in [1.29, 1.82) is 0 Å². The van der Waals surface area contributed by atoms with E-state index in [1.165, 1.54) is 0 Å². The Hall–Kier alpha value is -4.50. The molecule has 0 saturated carbocycles. The number of carboxylic acids is 3. The number of rotatable bonds is 14. The van der Waals surface area contributed by atoms with Gasteiger partial charge in [-0.1, -0.05) is 18.2 Å². The lowest BCUT2D eigenvalue weighted by molar-refractivity contribution is -0.143. The average Bonchev–Trinajstić information content (AvgIpc) is 3.23. The number of nitrogens with two attached hydrogens (primary N) is 1. The second-order valence-electron chi connectivity index (χ2n) is 8.07. The van der Waals surface area contributed by atoms with Crippen LogP contribution in [0.5, 0.6) is 0 Å².